The van der Waals surface area contributed by atoms with Crippen LogP contribution in [0.25, 0.3) is 11.3 Å². The molecule has 0 saturated heterocycles. The van der Waals surface area contributed by atoms with Crippen molar-refractivity contribution in [2.75, 3.05) is 5.73 Å². The number of nitrogen functional groups attached to an aromatic ring is 1. The summed E-state index contributed by atoms with van der Waals surface area (Å²) in [4.78, 5) is 4.39. The summed E-state index contributed by atoms with van der Waals surface area (Å²) >= 11 is 0. The molecule has 2 aromatic rings. The number of rotatable bonds is 3. The van der Waals surface area contributed by atoms with Crippen LogP contribution in [0.2, 0.25) is 0 Å². The highest BCUT2D eigenvalue weighted by Gasteiger charge is 2.05. The van der Waals surface area contributed by atoms with Gasteiger partial charge in [0.1, 0.15) is 0 Å². The minimum atomic E-state index is 0.691. The number of hydrogen-bond donors (Lipinski definition) is 1. The van der Waals surface area contributed by atoms with Crippen molar-refractivity contribution in [3.05, 3.63) is 60.8 Å². The smallest absolute Gasteiger partial charge is 0.0738 e. The number of pyridine rings is 1. The number of nitrogens with zero attached hydrogens (tertiary/aromatic N) is 1. The van der Waals surface area contributed by atoms with Gasteiger partial charge in [-0.05, 0) is 18.1 Å². The number of aromatic nitrogens is 1. The van der Waals surface area contributed by atoms with Crippen molar-refractivity contribution >= 4 is 5.69 Å². The third kappa shape index (κ3) is 2.11. The normalized spacial score (nSPS) is 10.0. The fourth-order valence-electron chi connectivity index (χ4n) is 1.70. The maximum absolute atomic E-state index is 5.74. The Balaban J connectivity index is 2.51. The van der Waals surface area contributed by atoms with Gasteiger partial charge >= 0.3 is 0 Å². The molecule has 2 heteroatoms. The van der Waals surface area contributed by atoms with E-state index in [1.807, 2.05) is 42.5 Å². The fraction of sp³-hybridized carbons (Fsp3) is 0.0714. The minimum absolute atomic E-state index is 0.691. The van der Waals surface area contributed by atoms with Crippen LogP contribution in [0.5, 0.6) is 0 Å². The molecule has 1 aromatic carbocycles. The predicted octanol–water partition coefficient (Wildman–Crippen LogP) is 3.06. The molecule has 0 aliphatic carbocycles. The molecule has 0 atom stereocenters. The van der Waals surface area contributed by atoms with Crippen molar-refractivity contribution in [3.63, 3.8) is 0 Å². The van der Waals surface area contributed by atoms with Gasteiger partial charge in [0.25, 0.3) is 0 Å². The third-order valence-corrected chi connectivity index (χ3v) is 2.40. The zero-order valence-corrected chi connectivity index (χ0v) is 9.06. The van der Waals surface area contributed by atoms with E-state index in [2.05, 4.69) is 11.6 Å². The van der Waals surface area contributed by atoms with Gasteiger partial charge in [0.15, 0.2) is 0 Å². The molecule has 80 valence electrons. The largest absolute Gasteiger partial charge is 0.397 e. The van der Waals surface area contributed by atoms with E-state index < -0.39 is 0 Å². The Morgan fingerprint density at radius 1 is 1.25 bits per heavy atom. The van der Waals surface area contributed by atoms with Crippen LogP contribution in [-0.4, -0.2) is 4.98 Å². The Kier molecular flexibility index (Phi) is 3.01. The molecule has 0 bridgehead atoms. The highest BCUT2D eigenvalue weighted by atomic mass is 14.7. The van der Waals surface area contributed by atoms with Crippen molar-refractivity contribution in [3.8, 4) is 11.3 Å². The molecule has 0 spiro atoms. The number of benzene rings is 1. The molecule has 0 fully saturated rings. The van der Waals surface area contributed by atoms with E-state index in [4.69, 9.17) is 5.73 Å². The van der Waals surface area contributed by atoms with Crippen molar-refractivity contribution in [2.24, 2.45) is 0 Å². The molecular weight excluding hydrogens is 196 g/mol. The molecule has 1 aromatic heterocycles. The molecule has 2 N–H and O–H groups in total. The average Bonchev–Trinajstić information content (AvgIpc) is 2.31. The standard InChI is InChI=1S/C14H14N2/c1-2-6-12-9-13(15)10-16-14(12)11-7-4-3-5-8-11/h2-5,7-10H,1,6,15H2. The van der Waals surface area contributed by atoms with Gasteiger partial charge in [-0.3, -0.25) is 4.98 Å². The zero-order chi connectivity index (χ0) is 11.4. The summed E-state index contributed by atoms with van der Waals surface area (Å²) in [5.74, 6) is 0. The van der Waals surface area contributed by atoms with Crippen LogP contribution in [0.3, 0.4) is 0 Å². The molecule has 0 unspecified atom stereocenters. The van der Waals surface area contributed by atoms with E-state index in [0.29, 0.717) is 5.69 Å². The molecule has 0 aliphatic heterocycles. The van der Waals surface area contributed by atoms with Crippen LogP contribution in [0.4, 0.5) is 5.69 Å². The highest BCUT2D eigenvalue weighted by molar-refractivity contribution is 5.65. The zero-order valence-electron chi connectivity index (χ0n) is 9.06. The van der Waals surface area contributed by atoms with Crippen molar-refractivity contribution in [1.29, 1.82) is 0 Å². The van der Waals surface area contributed by atoms with Crippen molar-refractivity contribution in [2.45, 2.75) is 6.42 Å². The Bertz CT molecular complexity index is 489. The van der Waals surface area contributed by atoms with E-state index in [0.717, 1.165) is 23.2 Å². The topological polar surface area (TPSA) is 38.9 Å². The summed E-state index contributed by atoms with van der Waals surface area (Å²) in [7, 11) is 0. The molecule has 16 heavy (non-hydrogen) atoms. The Labute approximate surface area is 95.5 Å². The Morgan fingerprint density at radius 3 is 2.69 bits per heavy atom. The van der Waals surface area contributed by atoms with E-state index in [1.54, 1.807) is 6.20 Å². The first-order chi connectivity index (χ1) is 7.81. The molecule has 0 radical (unpaired) electrons. The monoisotopic (exact) mass is 210 g/mol. The van der Waals surface area contributed by atoms with Crippen LogP contribution in [-0.2, 0) is 6.42 Å². The van der Waals surface area contributed by atoms with Gasteiger partial charge < -0.3 is 5.73 Å². The maximum atomic E-state index is 5.74. The summed E-state index contributed by atoms with van der Waals surface area (Å²) in [6.07, 6.45) is 4.33. The second-order valence-corrected chi connectivity index (χ2v) is 3.64. The van der Waals surface area contributed by atoms with Gasteiger partial charge in [-0.15, -0.1) is 6.58 Å². The second kappa shape index (κ2) is 4.62. The highest BCUT2D eigenvalue weighted by Crippen LogP contribution is 2.23. The number of anilines is 1. The van der Waals surface area contributed by atoms with Crippen LogP contribution < -0.4 is 5.73 Å². The second-order valence-electron chi connectivity index (χ2n) is 3.64. The summed E-state index contributed by atoms with van der Waals surface area (Å²) in [5.41, 5.74) is 9.63. The fourth-order valence-corrected chi connectivity index (χ4v) is 1.70. The van der Waals surface area contributed by atoms with Crippen LogP contribution in [0.15, 0.2) is 55.3 Å². The summed E-state index contributed by atoms with van der Waals surface area (Å²) in [6.45, 7) is 3.75. The molecule has 0 amide bonds. The predicted molar refractivity (Wildman–Crippen MR) is 68.0 cm³/mol. The maximum Gasteiger partial charge on any atom is 0.0738 e. The molecule has 2 nitrogen and oxygen atoms in total. The lowest BCUT2D eigenvalue weighted by Gasteiger charge is -2.07. The number of allylic oxidation sites excluding steroid dienone is 1. The van der Waals surface area contributed by atoms with Gasteiger partial charge in [-0.1, -0.05) is 36.4 Å². The lowest BCUT2D eigenvalue weighted by atomic mass is 10.0. The molecule has 0 saturated carbocycles. The minimum Gasteiger partial charge on any atom is -0.397 e. The first kappa shape index (κ1) is 10.4. The van der Waals surface area contributed by atoms with Gasteiger partial charge in [-0.25, -0.2) is 0 Å². The molecule has 1 heterocycles. The van der Waals surface area contributed by atoms with E-state index in [-0.39, 0.29) is 0 Å². The summed E-state index contributed by atoms with van der Waals surface area (Å²) in [6, 6.07) is 12.1. The van der Waals surface area contributed by atoms with Crippen LogP contribution in [0.1, 0.15) is 5.56 Å². The van der Waals surface area contributed by atoms with E-state index >= 15 is 0 Å². The quantitative estimate of drug-likeness (QED) is 0.791. The van der Waals surface area contributed by atoms with Crippen molar-refractivity contribution in [1.82, 2.24) is 4.98 Å². The Hall–Kier alpha value is -2.09. The number of nitrogens with two attached hydrogens (primary N) is 1. The first-order valence-corrected chi connectivity index (χ1v) is 5.22. The van der Waals surface area contributed by atoms with E-state index in [1.165, 1.54) is 0 Å². The lowest BCUT2D eigenvalue weighted by molar-refractivity contribution is 1.20. The Morgan fingerprint density at radius 2 is 2.00 bits per heavy atom. The van der Waals surface area contributed by atoms with Gasteiger partial charge in [0, 0.05) is 5.56 Å². The number of hydrogen-bond acceptors (Lipinski definition) is 2. The average molecular weight is 210 g/mol. The lowest BCUT2D eigenvalue weighted by Crippen LogP contribution is -1.95. The van der Waals surface area contributed by atoms with Gasteiger partial charge in [-0.2, -0.15) is 0 Å². The summed E-state index contributed by atoms with van der Waals surface area (Å²) in [5, 5.41) is 0. The van der Waals surface area contributed by atoms with Crippen LogP contribution in [0, 0.1) is 0 Å². The molecule has 2 rings (SSSR count). The van der Waals surface area contributed by atoms with E-state index in [9.17, 15) is 0 Å². The summed E-state index contributed by atoms with van der Waals surface area (Å²) < 4.78 is 0. The SMILES string of the molecule is C=CCc1cc(N)cnc1-c1ccccc1. The third-order valence-electron chi connectivity index (χ3n) is 2.40. The molecule has 0 aliphatic rings. The molecular formula is C14H14N2. The first-order valence-electron chi connectivity index (χ1n) is 5.22. The van der Waals surface area contributed by atoms with Crippen molar-refractivity contribution < 1.29 is 0 Å². The van der Waals surface area contributed by atoms with Crippen LogP contribution >= 0.6 is 0 Å². The van der Waals surface area contributed by atoms with Gasteiger partial charge in [0.05, 0.1) is 17.6 Å². The van der Waals surface area contributed by atoms with Gasteiger partial charge in [0.2, 0.25) is 0 Å².